The Bertz CT molecular complexity index is 485. The third-order valence-electron chi connectivity index (χ3n) is 4.83. The van der Waals surface area contributed by atoms with Gasteiger partial charge in [0.1, 0.15) is 5.76 Å². The number of nitrogens with zero attached hydrogens (tertiary/aromatic N) is 2. The Labute approximate surface area is 137 Å². The van der Waals surface area contributed by atoms with Crippen molar-refractivity contribution in [2.24, 2.45) is 0 Å². The van der Waals surface area contributed by atoms with E-state index in [1.807, 2.05) is 12.1 Å². The van der Waals surface area contributed by atoms with Gasteiger partial charge in [-0.25, -0.2) is 4.79 Å². The van der Waals surface area contributed by atoms with Gasteiger partial charge >= 0.3 is 6.03 Å². The van der Waals surface area contributed by atoms with E-state index in [2.05, 4.69) is 10.2 Å². The summed E-state index contributed by atoms with van der Waals surface area (Å²) in [5.41, 5.74) is 0. The Morgan fingerprint density at radius 2 is 2.13 bits per heavy atom. The van der Waals surface area contributed by atoms with E-state index in [1.165, 1.54) is 19.3 Å². The number of rotatable bonds is 4. The number of piperidine rings is 2. The van der Waals surface area contributed by atoms with Gasteiger partial charge in [0.2, 0.25) is 0 Å². The van der Waals surface area contributed by atoms with Crippen LogP contribution in [0.1, 0.15) is 43.9 Å². The van der Waals surface area contributed by atoms with Crippen LogP contribution in [0.5, 0.6) is 0 Å². The fourth-order valence-electron chi connectivity index (χ4n) is 3.56. The molecule has 2 aliphatic heterocycles. The first-order valence-corrected chi connectivity index (χ1v) is 8.72. The molecule has 2 atom stereocenters. The first-order chi connectivity index (χ1) is 11.2. The molecule has 0 radical (unpaired) electrons. The highest BCUT2D eigenvalue weighted by Crippen LogP contribution is 2.24. The predicted octanol–water partition coefficient (Wildman–Crippen LogP) is 1.97. The van der Waals surface area contributed by atoms with Gasteiger partial charge in [-0.2, -0.15) is 0 Å². The highest BCUT2D eigenvalue weighted by Gasteiger charge is 2.27. The van der Waals surface area contributed by atoms with Gasteiger partial charge in [0, 0.05) is 19.6 Å². The van der Waals surface area contributed by atoms with Gasteiger partial charge in [0.25, 0.3) is 0 Å². The summed E-state index contributed by atoms with van der Waals surface area (Å²) in [6.45, 7) is 3.78. The van der Waals surface area contributed by atoms with Gasteiger partial charge < -0.3 is 19.7 Å². The molecule has 2 fully saturated rings. The van der Waals surface area contributed by atoms with Crippen LogP contribution in [0, 0.1) is 0 Å². The first kappa shape index (κ1) is 16.3. The Morgan fingerprint density at radius 1 is 1.30 bits per heavy atom. The van der Waals surface area contributed by atoms with Gasteiger partial charge in [-0.3, -0.25) is 4.90 Å². The summed E-state index contributed by atoms with van der Waals surface area (Å²) >= 11 is 0. The molecule has 0 spiro atoms. The number of β-amino-alcohol motifs (C(OH)–C–C–N with tert-alkyl or cyclic N) is 1. The number of amides is 2. The molecule has 2 amide bonds. The molecule has 1 aromatic rings. The Morgan fingerprint density at radius 3 is 2.83 bits per heavy atom. The molecule has 0 saturated carbocycles. The molecule has 0 aromatic carbocycles. The van der Waals surface area contributed by atoms with Crippen LogP contribution in [0.25, 0.3) is 0 Å². The first-order valence-electron chi connectivity index (χ1n) is 8.72. The lowest BCUT2D eigenvalue weighted by atomic mass is 10.1. The zero-order valence-electron chi connectivity index (χ0n) is 13.6. The molecular formula is C17H27N3O3. The number of hydrogen-bond donors (Lipinski definition) is 2. The number of urea groups is 1. The molecule has 23 heavy (non-hydrogen) atoms. The van der Waals surface area contributed by atoms with Crippen molar-refractivity contribution >= 4 is 6.03 Å². The fraction of sp³-hybridized carbons (Fsp3) is 0.706. The highest BCUT2D eigenvalue weighted by atomic mass is 16.3. The number of carbonyl (C=O) groups is 1. The molecule has 6 nitrogen and oxygen atoms in total. The normalized spacial score (nSPS) is 24.4. The minimum Gasteiger partial charge on any atom is -0.468 e. The molecule has 0 aliphatic carbocycles. The molecule has 6 heteroatoms. The summed E-state index contributed by atoms with van der Waals surface area (Å²) in [6.07, 6.45) is 6.62. The summed E-state index contributed by atoms with van der Waals surface area (Å²) < 4.78 is 5.60. The van der Waals surface area contributed by atoms with Crippen LogP contribution in [0.3, 0.4) is 0 Å². The van der Waals surface area contributed by atoms with Crippen LogP contribution in [-0.2, 0) is 0 Å². The van der Waals surface area contributed by atoms with Crippen LogP contribution in [0.2, 0.25) is 0 Å². The lowest BCUT2D eigenvalue weighted by molar-refractivity contribution is 0.0822. The van der Waals surface area contributed by atoms with Crippen molar-refractivity contribution in [3.05, 3.63) is 24.2 Å². The van der Waals surface area contributed by atoms with Crippen molar-refractivity contribution in [3.63, 3.8) is 0 Å². The maximum absolute atomic E-state index is 12.4. The Balaban J connectivity index is 1.58. The maximum Gasteiger partial charge on any atom is 0.317 e. The topological polar surface area (TPSA) is 69.0 Å². The van der Waals surface area contributed by atoms with Gasteiger partial charge in [-0.1, -0.05) is 6.42 Å². The number of furan rings is 1. The predicted molar refractivity (Wildman–Crippen MR) is 87.1 cm³/mol. The zero-order valence-corrected chi connectivity index (χ0v) is 13.6. The lowest BCUT2D eigenvalue weighted by Crippen LogP contribution is -2.49. The number of aliphatic hydroxyl groups is 1. The van der Waals surface area contributed by atoms with Gasteiger partial charge in [0.15, 0.2) is 0 Å². The van der Waals surface area contributed by atoms with Crippen LogP contribution < -0.4 is 5.32 Å². The molecule has 2 aliphatic rings. The second-order valence-electron chi connectivity index (χ2n) is 6.56. The van der Waals surface area contributed by atoms with E-state index in [4.69, 9.17) is 4.42 Å². The number of carbonyl (C=O) groups excluding carboxylic acids is 1. The largest absolute Gasteiger partial charge is 0.468 e. The quantitative estimate of drug-likeness (QED) is 0.890. The minimum absolute atomic E-state index is 0.0858. The molecule has 3 heterocycles. The molecular weight excluding hydrogens is 294 g/mol. The number of hydrogen-bond acceptors (Lipinski definition) is 4. The molecule has 2 saturated heterocycles. The number of aliphatic hydroxyl groups excluding tert-OH is 1. The average molecular weight is 321 g/mol. The molecule has 3 rings (SSSR count). The van der Waals surface area contributed by atoms with Crippen LogP contribution in [0.15, 0.2) is 22.8 Å². The summed E-state index contributed by atoms with van der Waals surface area (Å²) in [5, 5.41) is 12.7. The fourth-order valence-corrected chi connectivity index (χ4v) is 3.56. The van der Waals surface area contributed by atoms with E-state index in [9.17, 15) is 9.90 Å². The van der Waals surface area contributed by atoms with Crippen molar-refractivity contribution in [1.82, 2.24) is 15.1 Å². The molecule has 0 unspecified atom stereocenters. The summed E-state index contributed by atoms with van der Waals surface area (Å²) in [4.78, 5) is 16.5. The van der Waals surface area contributed by atoms with Gasteiger partial charge in [-0.15, -0.1) is 0 Å². The smallest absolute Gasteiger partial charge is 0.317 e. The third-order valence-corrected chi connectivity index (χ3v) is 4.83. The molecule has 2 N–H and O–H groups in total. The van der Waals surface area contributed by atoms with Crippen molar-refractivity contribution in [2.75, 3.05) is 32.7 Å². The van der Waals surface area contributed by atoms with E-state index in [1.54, 1.807) is 11.2 Å². The highest BCUT2D eigenvalue weighted by molar-refractivity contribution is 5.74. The van der Waals surface area contributed by atoms with Crippen LogP contribution >= 0.6 is 0 Å². The SMILES string of the molecule is O=C(NC[C@H](c1ccco1)N1CCCCC1)N1CCC[C@H](O)C1. The van der Waals surface area contributed by atoms with E-state index in [0.29, 0.717) is 13.1 Å². The molecule has 0 bridgehead atoms. The van der Waals surface area contributed by atoms with Crippen molar-refractivity contribution in [3.8, 4) is 0 Å². The molecule has 128 valence electrons. The van der Waals surface area contributed by atoms with E-state index >= 15 is 0 Å². The van der Waals surface area contributed by atoms with Gasteiger partial charge in [0.05, 0.1) is 18.4 Å². The standard InChI is InChI=1S/C17H27N3O3/c21-14-6-4-10-20(13-14)17(22)18-12-15(16-7-5-11-23-16)19-8-2-1-3-9-19/h5,7,11,14-15,21H,1-4,6,8-10,12-13H2,(H,18,22)/t14-,15+/m0/s1. The second kappa shape index (κ2) is 7.84. The van der Waals surface area contributed by atoms with Crippen LogP contribution in [-0.4, -0.2) is 59.8 Å². The lowest BCUT2D eigenvalue weighted by Gasteiger charge is -2.35. The minimum atomic E-state index is -0.391. The zero-order chi connectivity index (χ0) is 16.1. The van der Waals surface area contributed by atoms with Crippen molar-refractivity contribution in [1.29, 1.82) is 0 Å². The Hall–Kier alpha value is -1.53. The third kappa shape index (κ3) is 4.26. The second-order valence-corrected chi connectivity index (χ2v) is 6.56. The summed E-state index contributed by atoms with van der Waals surface area (Å²) in [6, 6.07) is 3.88. The number of nitrogens with one attached hydrogen (secondary N) is 1. The monoisotopic (exact) mass is 321 g/mol. The average Bonchev–Trinajstić information content (AvgIpc) is 3.10. The molecule has 1 aromatic heterocycles. The van der Waals surface area contributed by atoms with Crippen LogP contribution in [0.4, 0.5) is 4.79 Å². The maximum atomic E-state index is 12.4. The van der Waals surface area contributed by atoms with Gasteiger partial charge in [-0.05, 0) is 50.9 Å². The van der Waals surface area contributed by atoms with E-state index in [0.717, 1.165) is 38.2 Å². The summed E-state index contributed by atoms with van der Waals surface area (Å²) in [7, 11) is 0. The summed E-state index contributed by atoms with van der Waals surface area (Å²) in [5.74, 6) is 0.908. The van der Waals surface area contributed by atoms with E-state index in [-0.39, 0.29) is 12.1 Å². The van der Waals surface area contributed by atoms with Crippen molar-refractivity contribution < 1.29 is 14.3 Å². The van der Waals surface area contributed by atoms with E-state index < -0.39 is 6.10 Å². The Kier molecular flexibility index (Phi) is 5.56. The number of likely N-dealkylation sites (tertiary alicyclic amines) is 2. The van der Waals surface area contributed by atoms with Crippen molar-refractivity contribution in [2.45, 2.75) is 44.2 Å².